The number of rotatable bonds is 2. The molecule has 1 aliphatic heterocycles. The van der Waals surface area contributed by atoms with Crippen LogP contribution in [0.4, 0.5) is 0 Å². The Morgan fingerprint density at radius 2 is 1.95 bits per heavy atom. The molecule has 0 amide bonds. The summed E-state index contributed by atoms with van der Waals surface area (Å²) >= 11 is 0. The van der Waals surface area contributed by atoms with Gasteiger partial charge in [-0.05, 0) is 25.1 Å². The second kappa shape index (κ2) is 4.68. The molecule has 0 bridgehead atoms. The maximum atomic E-state index is 4.71. The second-order valence-corrected chi connectivity index (χ2v) is 5.10. The molecule has 1 N–H and O–H groups in total. The predicted octanol–water partition coefficient (Wildman–Crippen LogP) is 1.87. The first kappa shape index (κ1) is 11.5. The molecule has 4 rings (SSSR count). The molecule has 5 nitrogen and oxygen atoms in total. The summed E-state index contributed by atoms with van der Waals surface area (Å²) in [6.45, 7) is 2.00. The zero-order valence-electron chi connectivity index (χ0n) is 11.0. The van der Waals surface area contributed by atoms with Gasteiger partial charge in [0.2, 0.25) is 0 Å². The van der Waals surface area contributed by atoms with Crippen molar-refractivity contribution in [2.45, 2.75) is 12.3 Å². The Morgan fingerprint density at radius 1 is 1.05 bits per heavy atom. The molecule has 0 aliphatic carbocycles. The Balaban J connectivity index is 1.83. The van der Waals surface area contributed by atoms with Crippen LogP contribution in [0.15, 0.2) is 42.5 Å². The summed E-state index contributed by atoms with van der Waals surface area (Å²) < 4.78 is 1.89. The van der Waals surface area contributed by atoms with Gasteiger partial charge in [-0.15, -0.1) is 10.2 Å². The summed E-state index contributed by atoms with van der Waals surface area (Å²) in [5, 5.41) is 16.6. The third-order valence-corrected chi connectivity index (χ3v) is 3.78. The third-order valence-electron chi connectivity index (χ3n) is 3.78. The van der Waals surface area contributed by atoms with E-state index in [0.717, 1.165) is 42.2 Å². The lowest BCUT2D eigenvalue weighted by Crippen LogP contribution is -2.11. The standard InChI is InChI=1S/C15H15N5/c1-2-4-11(5-3-1)13-6-7-14-17-18-15(20(14)19-13)12-8-9-16-10-12/h1-7,12,16H,8-10H2. The molecule has 100 valence electrons. The number of hydrogen-bond donors (Lipinski definition) is 1. The van der Waals surface area contributed by atoms with Crippen LogP contribution in [-0.4, -0.2) is 32.9 Å². The topological polar surface area (TPSA) is 55.1 Å². The average Bonchev–Trinajstić information content (AvgIpc) is 3.16. The van der Waals surface area contributed by atoms with E-state index in [1.165, 1.54) is 0 Å². The van der Waals surface area contributed by atoms with Gasteiger partial charge in [-0.3, -0.25) is 0 Å². The lowest BCUT2D eigenvalue weighted by Gasteiger charge is -2.06. The Labute approximate surface area is 116 Å². The third kappa shape index (κ3) is 1.87. The maximum absolute atomic E-state index is 4.71. The molecule has 1 aromatic carbocycles. The van der Waals surface area contributed by atoms with Crippen LogP contribution in [0.3, 0.4) is 0 Å². The van der Waals surface area contributed by atoms with Crippen LogP contribution in [0, 0.1) is 0 Å². The van der Waals surface area contributed by atoms with E-state index < -0.39 is 0 Å². The van der Waals surface area contributed by atoms with Crippen LogP contribution in [0.1, 0.15) is 18.2 Å². The molecule has 3 heterocycles. The molecule has 0 radical (unpaired) electrons. The predicted molar refractivity (Wildman–Crippen MR) is 76.4 cm³/mol. The molecule has 0 spiro atoms. The van der Waals surface area contributed by atoms with Crippen molar-refractivity contribution in [3.63, 3.8) is 0 Å². The number of nitrogens with zero attached hydrogens (tertiary/aromatic N) is 4. The summed E-state index contributed by atoms with van der Waals surface area (Å²) in [5.74, 6) is 1.37. The van der Waals surface area contributed by atoms with Crippen LogP contribution in [0.2, 0.25) is 0 Å². The fraction of sp³-hybridized carbons (Fsp3) is 0.267. The first-order valence-corrected chi connectivity index (χ1v) is 6.90. The maximum Gasteiger partial charge on any atom is 0.177 e. The van der Waals surface area contributed by atoms with Crippen LogP contribution in [-0.2, 0) is 0 Å². The summed E-state index contributed by atoms with van der Waals surface area (Å²) in [7, 11) is 0. The molecule has 1 saturated heterocycles. The van der Waals surface area contributed by atoms with E-state index in [9.17, 15) is 0 Å². The largest absolute Gasteiger partial charge is 0.316 e. The van der Waals surface area contributed by atoms with Gasteiger partial charge in [-0.1, -0.05) is 30.3 Å². The Morgan fingerprint density at radius 3 is 2.75 bits per heavy atom. The van der Waals surface area contributed by atoms with Gasteiger partial charge in [-0.25, -0.2) is 0 Å². The fourth-order valence-electron chi connectivity index (χ4n) is 2.70. The molecule has 5 heteroatoms. The summed E-state index contributed by atoms with van der Waals surface area (Å²) in [6.07, 6.45) is 1.10. The normalized spacial score (nSPS) is 18.7. The van der Waals surface area contributed by atoms with E-state index in [1.807, 2.05) is 34.8 Å². The zero-order valence-corrected chi connectivity index (χ0v) is 11.0. The van der Waals surface area contributed by atoms with Crippen molar-refractivity contribution in [2.75, 3.05) is 13.1 Å². The van der Waals surface area contributed by atoms with Gasteiger partial charge >= 0.3 is 0 Å². The highest BCUT2D eigenvalue weighted by Crippen LogP contribution is 2.22. The molecule has 0 saturated carbocycles. The van der Waals surface area contributed by atoms with Crippen molar-refractivity contribution < 1.29 is 0 Å². The number of benzene rings is 1. The van der Waals surface area contributed by atoms with E-state index in [-0.39, 0.29) is 0 Å². The first-order chi connectivity index (χ1) is 9.92. The van der Waals surface area contributed by atoms with E-state index in [4.69, 9.17) is 5.10 Å². The molecule has 2 aromatic heterocycles. The van der Waals surface area contributed by atoms with E-state index >= 15 is 0 Å². The number of fused-ring (bicyclic) bond motifs is 1. The quantitative estimate of drug-likeness (QED) is 0.768. The van der Waals surface area contributed by atoms with Gasteiger partial charge in [0.1, 0.15) is 0 Å². The van der Waals surface area contributed by atoms with Crippen molar-refractivity contribution in [3.05, 3.63) is 48.3 Å². The Kier molecular flexibility index (Phi) is 2.70. The number of hydrogen-bond acceptors (Lipinski definition) is 4. The van der Waals surface area contributed by atoms with Crippen molar-refractivity contribution in [3.8, 4) is 11.3 Å². The molecule has 20 heavy (non-hydrogen) atoms. The van der Waals surface area contributed by atoms with Crippen molar-refractivity contribution >= 4 is 5.65 Å². The van der Waals surface area contributed by atoms with Gasteiger partial charge in [0.25, 0.3) is 0 Å². The summed E-state index contributed by atoms with van der Waals surface area (Å²) in [6, 6.07) is 14.2. The van der Waals surface area contributed by atoms with E-state index in [1.54, 1.807) is 0 Å². The highest BCUT2D eigenvalue weighted by molar-refractivity contribution is 5.59. The van der Waals surface area contributed by atoms with Gasteiger partial charge in [-0.2, -0.15) is 9.61 Å². The highest BCUT2D eigenvalue weighted by Gasteiger charge is 2.22. The van der Waals surface area contributed by atoms with Crippen molar-refractivity contribution in [2.24, 2.45) is 0 Å². The second-order valence-electron chi connectivity index (χ2n) is 5.10. The van der Waals surface area contributed by atoms with E-state index in [0.29, 0.717) is 5.92 Å². The molecular formula is C15H15N5. The van der Waals surface area contributed by atoms with Crippen molar-refractivity contribution in [1.82, 2.24) is 25.1 Å². The highest BCUT2D eigenvalue weighted by atomic mass is 15.4. The first-order valence-electron chi connectivity index (χ1n) is 6.90. The summed E-state index contributed by atoms with van der Waals surface area (Å²) in [5.41, 5.74) is 2.87. The van der Waals surface area contributed by atoms with E-state index in [2.05, 4.69) is 27.6 Å². The van der Waals surface area contributed by atoms with Gasteiger partial charge < -0.3 is 5.32 Å². The van der Waals surface area contributed by atoms with Gasteiger partial charge in [0.15, 0.2) is 11.5 Å². The van der Waals surface area contributed by atoms with Gasteiger partial charge in [0.05, 0.1) is 5.69 Å². The van der Waals surface area contributed by atoms with Crippen LogP contribution < -0.4 is 5.32 Å². The lowest BCUT2D eigenvalue weighted by molar-refractivity contribution is 0.668. The minimum atomic E-state index is 0.406. The van der Waals surface area contributed by atoms with Crippen LogP contribution >= 0.6 is 0 Å². The molecule has 3 aromatic rings. The van der Waals surface area contributed by atoms with Crippen LogP contribution in [0.25, 0.3) is 16.9 Å². The molecule has 1 aliphatic rings. The van der Waals surface area contributed by atoms with Crippen molar-refractivity contribution in [1.29, 1.82) is 0 Å². The molecule has 1 unspecified atom stereocenters. The SMILES string of the molecule is c1ccc(-c2ccc3nnc(C4CCNC4)n3n2)cc1. The Bertz CT molecular complexity index is 728. The number of nitrogens with one attached hydrogen (secondary N) is 1. The molecule has 1 atom stereocenters. The van der Waals surface area contributed by atoms with Crippen LogP contribution in [0.5, 0.6) is 0 Å². The molecular weight excluding hydrogens is 250 g/mol. The lowest BCUT2D eigenvalue weighted by atomic mass is 10.1. The van der Waals surface area contributed by atoms with Gasteiger partial charge in [0, 0.05) is 18.0 Å². The minimum absolute atomic E-state index is 0.406. The molecule has 1 fully saturated rings. The smallest absolute Gasteiger partial charge is 0.177 e. The Hall–Kier alpha value is -2.27. The average molecular weight is 265 g/mol. The minimum Gasteiger partial charge on any atom is -0.316 e. The fourth-order valence-corrected chi connectivity index (χ4v) is 2.70. The zero-order chi connectivity index (χ0) is 13.4. The summed E-state index contributed by atoms with van der Waals surface area (Å²) in [4.78, 5) is 0. The number of aromatic nitrogens is 4. The monoisotopic (exact) mass is 265 g/mol.